The van der Waals surface area contributed by atoms with Gasteiger partial charge in [0.2, 0.25) is 0 Å². The largest absolute Gasteiger partial charge is 0.480 e. The highest BCUT2D eigenvalue weighted by Gasteiger charge is 2.22. The average Bonchev–Trinajstić information content (AvgIpc) is 2.50. The summed E-state index contributed by atoms with van der Waals surface area (Å²) >= 11 is 11.7. The van der Waals surface area contributed by atoms with Crippen LogP contribution in [0.1, 0.15) is 20.3 Å². The number of halogens is 2. The minimum Gasteiger partial charge on any atom is -0.480 e. The van der Waals surface area contributed by atoms with Crippen LogP contribution in [-0.2, 0) is 9.59 Å². The van der Waals surface area contributed by atoms with Crippen LogP contribution in [0.15, 0.2) is 30.0 Å². The Kier molecular flexibility index (Phi) is 7.56. The lowest BCUT2D eigenvalue weighted by atomic mass is 10.0. The summed E-state index contributed by atoms with van der Waals surface area (Å²) in [5.41, 5.74) is 0.276. The molecule has 0 saturated carbocycles. The maximum atomic E-state index is 12.1. The van der Waals surface area contributed by atoms with Crippen molar-refractivity contribution in [2.45, 2.75) is 26.3 Å². The summed E-state index contributed by atoms with van der Waals surface area (Å²) in [5.74, 6) is -1.83. The standard InChI is InChI=1S/C16H17Cl2N3O3/c1-9(2)5-14(16(23)24)21-15(22)10(7-19)8-20-11-3-4-12(17)13(18)6-11/h3-4,6,8-9,14,20H,5H2,1-2H3,(H,21,22)(H,23,24)/b10-8-. The van der Waals surface area contributed by atoms with E-state index in [1.54, 1.807) is 18.2 Å². The molecule has 0 fully saturated rings. The first-order chi connectivity index (χ1) is 11.2. The third-order valence-electron chi connectivity index (χ3n) is 2.98. The van der Waals surface area contributed by atoms with Crippen molar-refractivity contribution in [2.24, 2.45) is 5.92 Å². The number of carbonyl (C=O) groups is 2. The van der Waals surface area contributed by atoms with Crippen molar-refractivity contribution in [1.82, 2.24) is 5.32 Å². The number of carboxylic acid groups (broad SMARTS) is 1. The molecule has 8 heteroatoms. The molecular weight excluding hydrogens is 353 g/mol. The lowest BCUT2D eigenvalue weighted by molar-refractivity contribution is -0.141. The first-order valence-corrected chi connectivity index (χ1v) is 7.85. The van der Waals surface area contributed by atoms with E-state index < -0.39 is 17.9 Å². The molecule has 1 aromatic carbocycles. The van der Waals surface area contributed by atoms with E-state index in [-0.39, 0.29) is 17.9 Å². The minimum absolute atomic E-state index is 0.0789. The summed E-state index contributed by atoms with van der Waals surface area (Å²) in [5, 5.41) is 24.0. The van der Waals surface area contributed by atoms with Crippen molar-refractivity contribution in [3.05, 3.63) is 40.0 Å². The highest BCUT2D eigenvalue weighted by Crippen LogP contribution is 2.25. The highest BCUT2D eigenvalue weighted by molar-refractivity contribution is 6.42. The molecular formula is C16H17Cl2N3O3. The number of carboxylic acids is 1. The summed E-state index contributed by atoms with van der Waals surface area (Å²) in [7, 11) is 0. The number of nitrogens with one attached hydrogen (secondary N) is 2. The van der Waals surface area contributed by atoms with Gasteiger partial charge < -0.3 is 15.7 Å². The van der Waals surface area contributed by atoms with Gasteiger partial charge in [0.05, 0.1) is 10.0 Å². The molecule has 128 valence electrons. The Morgan fingerprint density at radius 2 is 2.00 bits per heavy atom. The van der Waals surface area contributed by atoms with Crippen LogP contribution in [0, 0.1) is 17.2 Å². The molecule has 0 aliphatic rings. The Morgan fingerprint density at radius 3 is 2.50 bits per heavy atom. The number of rotatable bonds is 7. The zero-order valence-electron chi connectivity index (χ0n) is 13.1. The number of nitriles is 1. The zero-order chi connectivity index (χ0) is 18.3. The number of benzene rings is 1. The third kappa shape index (κ3) is 6.11. The van der Waals surface area contributed by atoms with Gasteiger partial charge in [-0.15, -0.1) is 0 Å². The van der Waals surface area contributed by atoms with Crippen molar-refractivity contribution in [3.63, 3.8) is 0 Å². The van der Waals surface area contributed by atoms with E-state index in [2.05, 4.69) is 10.6 Å². The molecule has 1 unspecified atom stereocenters. The van der Waals surface area contributed by atoms with E-state index in [4.69, 9.17) is 33.6 Å². The molecule has 6 nitrogen and oxygen atoms in total. The molecule has 24 heavy (non-hydrogen) atoms. The van der Waals surface area contributed by atoms with Crippen LogP contribution in [0.5, 0.6) is 0 Å². The molecule has 1 aromatic rings. The second kappa shape index (κ2) is 9.16. The Labute approximate surface area is 150 Å². The fourth-order valence-corrected chi connectivity index (χ4v) is 2.12. The van der Waals surface area contributed by atoms with Gasteiger partial charge in [0.15, 0.2) is 0 Å². The van der Waals surface area contributed by atoms with Crippen molar-refractivity contribution in [1.29, 1.82) is 5.26 Å². The molecule has 1 rings (SSSR count). The van der Waals surface area contributed by atoms with Gasteiger partial charge in [-0.3, -0.25) is 4.79 Å². The van der Waals surface area contributed by atoms with Gasteiger partial charge in [-0.2, -0.15) is 5.26 Å². The third-order valence-corrected chi connectivity index (χ3v) is 3.72. The Morgan fingerprint density at radius 1 is 1.33 bits per heavy atom. The molecule has 3 N–H and O–H groups in total. The molecule has 0 bridgehead atoms. The maximum Gasteiger partial charge on any atom is 0.326 e. The Balaban J connectivity index is 2.83. The van der Waals surface area contributed by atoms with Gasteiger partial charge in [-0.05, 0) is 30.5 Å². The zero-order valence-corrected chi connectivity index (χ0v) is 14.6. The van der Waals surface area contributed by atoms with Crippen molar-refractivity contribution >= 4 is 40.8 Å². The number of hydrogen-bond donors (Lipinski definition) is 3. The van der Waals surface area contributed by atoms with E-state index in [1.165, 1.54) is 12.3 Å². The van der Waals surface area contributed by atoms with Crippen LogP contribution in [-0.4, -0.2) is 23.0 Å². The summed E-state index contributed by atoms with van der Waals surface area (Å²) in [6.45, 7) is 3.68. The van der Waals surface area contributed by atoms with E-state index >= 15 is 0 Å². The van der Waals surface area contributed by atoms with Gasteiger partial charge in [0.25, 0.3) is 5.91 Å². The van der Waals surface area contributed by atoms with Crippen LogP contribution in [0.25, 0.3) is 0 Å². The lowest BCUT2D eigenvalue weighted by Gasteiger charge is -2.16. The van der Waals surface area contributed by atoms with Crippen LogP contribution < -0.4 is 10.6 Å². The quantitative estimate of drug-likeness (QED) is 0.504. The molecule has 0 aromatic heterocycles. The molecule has 1 atom stereocenters. The Bertz CT molecular complexity index is 696. The van der Waals surface area contributed by atoms with Crippen LogP contribution in [0.3, 0.4) is 0 Å². The lowest BCUT2D eigenvalue weighted by Crippen LogP contribution is -2.42. The highest BCUT2D eigenvalue weighted by atomic mass is 35.5. The molecule has 0 spiro atoms. The van der Waals surface area contributed by atoms with Crippen LogP contribution in [0.4, 0.5) is 5.69 Å². The number of anilines is 1. The van der Waals surface area contributed by atoms with E-state index in [0.717, 1.165) is 0 Å². The van der Waals surface area contributed by atoms with E-state index in [1.807, 2.05) is 13.8 Å². The number of carbonyl (C=O) groups excluding carboxylic acids is 1. The van der Waals surface area contributed by atoms with Gasteiger partial charge in [-0.1, -0.05) is 37.0 Å². The molecule has 0 aliphatic carbocycles. The monoisotopic (exact) mass is 369 g/mol. The van der Waals surface area contributed by atoms with Crippen LogP contribution in [0.2, 0.25) is 10.0 Å². The van der Waals surface area contributed by atoms with E-state index in [0.29, 0.717) is 15.7 Å². The second-order valence-electron chi connectivity index (χ2n) is 5.44. The number of nitrogens with zero attached hydrogens (tertiary/aromatic N) is 1. The maximum absolute atomic E-state index is 12.1. The molecule has 0 aliphatic heterocycles. The predicted molar refractivity (Wildman–Crippen MR) is 92.8 cm³/mol. The van der Waals surface area contributed by atoms with Crippen molar-refractivity contribution in [3.8, 4) is 6.07 Å². The first kappa shape index (κ1) is 19.8. The summed E-state index contributed by atoms with van der Waals surface area (Å²) in [4.78, 5) is 23.2. The van der Waals surface area contributed by atoms with Crippen molar-refractivity contribution < 1.29 is 14.7 Å². The fourth-order valence-electron chi connectivity index (χ4n) is 1.82. The second-order valence-corrected chi connectivity index (χ2v) is 6.25. The number of hydrogen-bond acceptors (Lipinski definition) is 4. The fraction of sp³-hybridized carbons (Fsp3) is 0.312. The van der Waals surface area contributed by atoms with Gasteiger partial charge in [0.1, 0.15) is 17.7 Å². The molecule has 0 radical (unpaired) electrons. The number of aliphatic carboxylic acids is 1. The van der Waals surface area contributed by atoms with Gasteiger partial charge in [0, 0.05) is 11.9 Å². The SMILES string of the molecule is CC(C)CC(NC(=O)/C(C#N)=C\Nc1ccc(Cl)c(Cl)c1)C(=O)O. The van der Waals surface area contributed by atoms with E-state index in [9.17, 15) is 9.59 Å². The predicted octanol–water partition coefficient (Wildman–Crippen LogP) is 3.43. The van der Waals surface area contributed by atoms with Gasteiger partial charge in [-0.25, -0.2) is 4.79 Å². The smallest absolute Gasteiger partial charge is 0.326 e. The normalized spacial score (nSPS) is 12.4. The summed E-state index contributed by atoms with van der Waals surface area (Å²) in [6.07, 6.45) is 1.45. The summed E-state index contributed by atoms with van der Waals surface area (Å²) in [6, 6.07) is 5.39. The minimum atomic E-state index is -1.15. The molecule has 1 amide bonds. The average molecular weight is 370 g/mol. The topological polar surface area (TPSA) is 102 Å². The van der Waals surface area contributed by atoms with Gasteiger partial charge >= 0.3 is 5.97 Å². The molecule has 0 heterocycles. The van der Waals surface area contributed by atoms with Crippen molar-refractivity contribution in [2.75, 3.05) is 5.32 Å². The molecule has 0 saturated heterocycles. The van der Waals surface area contributed by atoms with Crippen LogP contribution >= 0.6 is 23.2 Å². The first-order valence-electron chi connectivity index (χ1n) is 7.10. The summed E-state index contributed by atoms with van der Waals surface area (Å²) < 4.78 is 0. The number of amides is 1. The Hall–Kier alpha value is -2.23.